The van der Waals surface area contributed by atoms with Crippen LogP contribution in [0.25, 0.3) is 0 Å². The first-order chi connectivity index (χ1) is 10.3. The van der Waals surface area contributed by atoms with Crippen LogP contribution < -0.4 is 4.90 Å². The summed E-state index contributed by atoms with van der Waals surface area (Å²) in [5.41, 5.74) is 2.34. The molecule has 0 saturated carbocycles. The molecule has 0 aromatic heterocycles. The van der Waals surface area contributed by atoms with Gasteiger partial charge in [0.2, 0.25) is 0 Å². The standard InChI is InChI=1S/C18H28N2O/c1-2-18(21)16-8-4-5-9-17(16)20-13-10-15(14-20)19-11-6-3-7-12-19/h4-5,8-9,15,18,21H,2-3,6-7,10-14H2,1H3/t15?,18-/m0/s1. The van der Waals surface area contributed by atoms with Gasteiger partial charge in [-0.3, -0.25) is 4.90 Å². The predicted molar refractivity (Wildman–Crippen MR) is 87.7 cm³/mol. The number of piperidine rings is 1. The van der Waals surface area contributed by atoms with Crippen molar-refractivity contribution in [2.75, 3.05) is 31.1 Å². The van der Waals surface area contributed by atoms with Gasteiger partial charge in [0, 0.05) is 30.4 Å². The Morgan fingerprint density at radius 1 is 1.14 bits per heavy atom. The molecule has 2 fully saturated rings. The van der Waals surface area contributed by atoms with Gasteiger partial charge in [0.1, 0.15) is 0 Å². The van der Waals surface area contributed by atoms with E-state index in [1.807, 2.05) is 13.0 Å². The molecule has 0 aliphatic carbocycles. The highest BCUT2D eigenvalue weighted by atomic mass is 16.3. The molecule has 3 rings (SSSR count). The van der Waals surface area contributed by atoms with Gasteiger partial charge >= 0.3 is 0 Å². The summed E-state index contributed by atoms with van der Waals surface area (Å²) < 4.78 is 0. The van der Waals surface area contributed by atoms with Crippen molar-refractivity contribution in [3.8, 4) is 0 Å². The summed E-state index contributed by atoms with van der Waals surface area (Å²) in [7, 11) is 0. The average molecular weight is 288 g/mol. The second-order valence-corrected chi connectivity index (χ2v) is 6.47. The molecule has 0 amide bonds. The number of likely N-dealkylation sites (tertiary alicyclic amines) is 1. The van der Waals surface area contributed by atoms with Crippen molar-refractivity contribution in [1.82, 2.24) is 4.90 Å². The molecular formula is C18H28N2O. The Morgan fingerprint density at radius 2 is 1.90 bits per heavy atom. The molecule has 0 radical (unpaired) electrons. The molecule has 0 bridgehead atoms. The molecule has 2 saturated heterocycles. The largest absolute Gasteiger partial charge is 0.388 e. The Balaban J connectivity index is 1.71. The number of hydrogen-bond donors (Lipinski definition) is 1. The van der Waals surface area contributed by atoms with Crippen LogP contribution in [0.5, 0.6) is 0 Å². The third-order valence-corrected chi connectivity index (χ3v) is 5.09. The lowest BCUT2D eigenvalue weighted by Gasteiger charge is -2.32. The number of aliphatic hydroxyl groups is 1. The van der Waals surface area contributed by atoms with Gasteiger partial charge in [0.25, 0.3) is 0 Å². The average Bonchev–Trinajstić information content (AvgIpc) is 3.05. The van der Waals surface area contributed by atoms with Gasteiger partial charge in [-0.1, -0.05) is 31.5 Å². The zero-order valence-electron chi connectivity index (χ0n) is 13.2. The molecule has 1 N–H and O–H groups in total. The first kappa shape index (κ1) is 14.9. The van der Waals surface area contributed by atoms with E-state index in [9.17, 15) is 5.11 Å². The smallest absolute Gasteiger partial charge is 0.0807 e. The summed E-state index contributed by atoms with van der Waals surface area (Å²) in [6.07, 6.45) is 5.83. The lowest BCUT2D eigenvalue weighted by molar-refractivity contribution is 0.172. The number of benzene rings is 1. The maximum Gasteiger partial charge on any atom is 0.0807 e. The van der Waals surface area contributed by atoms with Crippen LogP contribution in [0.1, 0.15) is 50.7 Å². The SMILES string of the molecule is CC[C@H](O)c1ccccc1N1CCC(N2CCCCC2)C1. The minimum absolute atomic E-state index is 0.338. The molecule has 1 aromatic carbocycles. The Labute approximate surface area is 128 Å². The van der Waals surface area contributed by atoms with Crippen LogP contribution in [-0.4, -0.2) is 42.2 Å². The lowest BCUT2D eigenvalue weighted by Crippen LogP contribution is -2.41. The van der Waals surface area contributed by atoms with Crippen LogP contribution in [0, 0.1) is 0 Å². The van der Waals surface area contributed by atoms with E-state index in [0.717, 1.165) is 25.1 Å². The van der Waals surface area contributed by atoms with Crippen LogP contribution >= 0.6 is 0 Å². The molecule has 2 atom stereocenters. The van der Waals surface area contributed by atoms with Crippen molar-refractivity contribution >= 4 is 5.69 Å². The molecule has 2 aliphatic heterocycles. The van der Waals surface area contributed by atoms with Crippen molar-refractivity contribution in [3.05, 3.63) is 29.8 Å². The van der Waals surface area contributed by atoms with Gasteiger partial charge in [-0.25, -0.2) is 0 Å². The van der Waals surface area contributed by atoms with Gasteiger partial charge < -0.3 is 10.0 Å². The molecule has 3 heteroatoms. The van der Waals surface area contributed by atoms with E-state index in [-0.39, 0.29) is 6.10 Å². The Bertz CT molecular complexity index is 456. The van der Waals surface area contributed by atoms with E-state index < -0.39 is 0 Å². The van der Waals surface area contributed by atoms with Gasteiger partial charge in [-0.2, -0.15) is 0 Å². The third-order valence-electron chi connectivity index (χ3n) is 5.09. The maximum absolute atomic E-state index is 10.2. The second kappa shape index (κ2) is 6.80. The van der Waals surface area contributed by atoms with Crippen LogP contribution in [-0.2, 0) is 0 Å². The van der Waals surface area contributed by atoms with Crippen molar-refractivity contribution in [1.29, 1.82) is 0 Å². The lowest BCUT2D eigenvalue weighted by atomic mass is 10.0. The number of rotatable bonds is 4. The van der Waals surface area contributed by atoms with Crippen LogP contribution in [0.15, 0.2) is 24.3 Å². The zero-order chi connectivity index (χ0) is 14.7. The summed E-state index contributed by atoms with van der Waals surface area (Å²) in [5, 5.41) is 10.2. The summed E-state index contributed by atoms with van der Waals surface area (Å²) >= 11 is 0. The van der Waals surface area contributed by atoms with Gasteiger partial charge in [0.05, 0.1) is 6.10 Å². The van der Waals surface area contributed by atoms with E-state index in [4.69, 9.17) is 0 Å². The summed E-state index contributed by atoms with van der Waals surface area (Å²) in [5.74, 6) is 0. The zero-order valence-corrected chi connectivity index (χ0v) is 13.2. The second-order valence-electron chi connectivity index (χ2n) is 6.47. The normalized spacial score (nSPS) is 25.2. The van der Waals surface area contributed by atoms with Crippen LogP contribution in [0.4, 0.5) is 5.69 Å². The van der Waals surface area contributed by atoms with Crippen LogP contribution in [0.3, 0.4) is 0 Å². The summed E-state index contributed by atoms with van der Waals surface area (Å²) in [6.45, 7) is 6.83. The van der Waals surface area contributed by atoms with E-state index in [1.165, 1.54) is 44.5 Å². The first-order valence-electron chi connectivity index (χ1n) is 8.55. The van der Waals surface area contributed by atoms with Gasteiger partial charge in [-0.05, 0) is 44.8 Å². The molecule has 116 valence electrons. The molecule has 0 spiro atoms. The van der Waals surface area contributed by atoms with E-state index in [0.29, 0.717) is 6.04 Å². The highest BCUT2D eigenvalue weighted by Crippen LogP contribution is 2.31. The van der Waals surface area contributed by atoms with E-state index in [1.54, 1.807) is 0 Å². The van der Waals surface area contributed by atoms with Crippen molar-refractivity contribution in [2.24, 2.45) is 0 Å². The number of para-hydroxylation sites is 1. The van der Waals surface area contributed by atoms with Crippen molar-refractivity contribution < 1.29 is 5.11 Å². The summed E-state index contributed by atoms with van der Waals surface area (Å²) in [6, 6.07) is 9.09. The number of hydrogen-bond acceptors (Lipinski definition) is 3. The predicted octanol–water partition coefficient (Wildman–Crippen LogP) is 3.19. The molecule has 2 heterocycles. The number of aliphatic hydroxyl groups excluding tert-OH is 1. The van der Waals surface area contributed by atoms with E-state index in [2.05, 4.69) is 28.0 Å². The molecule has 2 aliphatic rings. The Kier molecular flexibility index (Phi) is 4.81. The fraction of sp³-hybridized carbons (Fsp3) is 0.667. The first-order valence-corrected chi connectivity index (χ1v) is 8.55. The third kappa shape index (κ3) is 3.24. The number of nitrogens with zero attached hydrogens (tertiary/aromatic N) is 2. The number of anilines is 1. The van der Waals surface area contributed by atoms with E-state index >= 15 is 0 Å². The van der Waals surface area contributed by atoms with Crippen molar-refractivity contribution in [3.63, 3.8) is 0 Å². The fourth-order valence-electron chi connectivity index (χ4n) is 3.82. The Morgan fingerprint density at radius 3 is 2.67 bits per heavy atom. The molecule has 21 heavy (non-hydrogen) atoms. The molecular weight excluding hydrogens is 260 g/mol. The minimum Gasteiger partial charge on any atom is -0.388 e. The van der Waals surface area contributed by atoms with Gasteiger partial charge in [0.15, 0.2) is 0 Å². The monoisotopic (exact) mass is 288 g/mol. The quantitative estimate of drug-likeness (QED) is 0.921. The Hall–Kier alpha value is -1.06. The molecule has 1 aromatic rings. The van der Waals surface area contributed by atoms with Crippen molar-refractivity contribution in [2.45, 2.75) is 51.2 Å². The maximum atomic E-state index is 10.2. The minimum atomic E-state index is -0.338. The highest BCUT2D eigenvalue weighted by molar-refractivity contribution is 5.55. The van der Waals surface area contributed by atoms with Gasteiger partial charge in [-0.15, -0.1) is 0 Å². The highest BCUT2D eigenvalue weighted by Gasteiger charge is 2.29. The topological polar surface area (TPSA) is 26.7 Å². The fourth-order valence-corrected chi connectivity index (χ4v) is 3.82. The van der Waals surface area contributed by atoms with Crippen LogP contribution in [0.2, 0.25) is 0 Å². The summed E-state index contributed by atoms with van der Waals surface area (Å²) in [4.78, 5) is 5.16. The molecule has 3 nitrogen and oxygen atoms in total. The molecule has 1 unspecified atom stereocenters.